The second kappa shape index (κ2) is 9.06. The van der Waals surface area contributed by atoms with E-state index in [2.05, 4.69) is 55.3 Å². The van der Waals surface area contributed by atoms with Gasteiger partial charge in [0.1, 0.15) is 5.58 Å². The number of carbonyl (C=O) groups excluding carboxylic acids is 1. The summed E-state index contributed by atoms with van der Waals surface area (Å²) in [5.41, 5.74) is 3.75. The summed E-state index contributed by atoms with van der Waals surface area (Å²) in [4.78, 5) is 27.3. The summed E-state index contributed by atoms with van der Waals surface area (Å²) in [6.45, 7) is 8.99. The highest BCUT2D eigenvalue weighted by atomic mass is 16.3. The average Bonchev–Trinajstić information content (AvgIpc) is 2.73. The van der Waals surface area contributed by atoms with Crippen molar-refractivity contribution in [3.05, 3.63) is 81.2 Å². The van der Waals surface area contributed by atoms with Gasteiger partial charge in [-0.2, -0.15) is 0 Å². The van der Waals surface area contributed by atoms with Crippen molar-refractivity contribution in [2.75, 3.05) is 20.6 Å². The van der Waals surface area contributed by atoms with E-state index < -0.39 is 5.91 Å². The molecule has 5 heteroatoms. The van der Waals surface area contributed by atoms with Crippen molar-refractivity contribution in [3.8, 4) is 0 Å². The number of aryl methyl sites for hydroxylation is 1. The molecule has 0 bridgehead atoms. The lowest BCUT2D eigenvalue weighted by Crippen LogP contribution is -2.34. The third kappa shape index (κ3) is 5.23. The van der Waals surface area contributed by atoms with E-state index in [1.807, 2.05) is 33.2 Å². The fourth-order valence-electron chi connectivity index (χ4n) is 3.62. The summed E-state index contributed by atoms with van der Waals surface area (Å²) in [5, 5.41) is 3.43. The summed E-state index contributed by atoms with van der Waals surface area (Å²) >= 11 is 0. The highest BCUT2D eigenvalue weighted by Gasteiger charge is 2.19. The minimum atomic E-state index is -0.392. The maximum atomic E-state index is 12.7. The van der Waals surface area contributed by atoms with Crippen LogP contribution in [0.3, 0.4) is 0 Å². The number of hydrogen-bond donors (Lipinski definition) is 1. The van der Waals surface area contributed by atoms with Crippen molar-refractivity contribution in [1.82, 2.24) is 10.2 Å². The Balaban J connectivity index is 1.78. The number of nitrogens with zero attached hydrogens (tertiary/aromatic N) is 1. The summed E-state index contributed by atoms with van der Waals surface area (Å²) in [7, 11) is 3.96. The zero-order valence-electron chi connectivity index (χ0n) is 19.3. The van der Waals surface area contributed by atoms with Crippen LogP contribution in [0.4, 0.5) is 0 Å². The maximum Gasteiger partial charge on any atom is 0.287 e. The molecule has 0 aliphatic heterocycles. The molecule has 2 aromatic carbocycles. The van der Waals surface area contributed by atoms with Gasteiger partial charge in [-0.1, -0.05) is 58.0 Å². The second-order valence-electron chi connectivity index (χ2n) is 9.22. The molecule has 1 atom stereocenters. The third-order valence-corrected chi connectivity index (χ3v) is 5.66. The number of rotatable bonds is 6. The normalized spacial score (nSPS) is 12.9. The summed E-state index contributed by atoms with van der Waals surface area (Å²) in [5.74, 6) is -0.362. The van der Waals surface area contributed by atoms with Crippen molar-refractivity contribution in [1.29, 1.82) is 0 Å². The molecule has 0 spiro atoms. The van der Waals surface area contributed by atoms with Gasteiger partial charge in [0.25, 0.3) is 5.91 Å². The van der Waals surface area contributed by atoms with E-state index in [1.54, 1.807) is 6.07 Å². The average molecular weight is 421 g/mol. The van der Waals surface area contributed by atoms with Crippen LogP contribution in [-0.4, -0.2) is 31.4 Å². The maximum absolute atomic E-state index is 12.7. The molecule has 0 radical (unpaired) electrons. The first-order chi connectivity index (χ1) is 14.6. The van der Waals surface area contributed by atoms with Gasteiger partial charge in [0.2, 0.25) is 0 Å². The Morgan fingerprint density at radius 3 is 2.32 bits per heavy atom. The van der Waals surface area contributed by atoms with Gasteiger partial charge in [0.15, 0.2) is 11.2 Å². The van der Waals surface area contributed by atoms with E-state index in [1.165, 1.54) is 11.6 Å². The number of hydrogen-bond acceptors (Lipinski definition) is 4. The van der Waals surface area contributed by atoms with Crippen LogP contribution in [0.2, 0.25) is 0 Å². The van der Waals surface area contributed by atoms with Gasteiger partial charge < -0.3 is 14.6 Å². The van der Waals surface area contributed by atoms with Crippen molar-refractivity contribution < 1.29 is 9.21 Å². The van der Waals surface area contributed by atoms with Crippen LogP contribution in [0, 0.1) is 0 Å². The lowest BCUT2D eigenvalue weighted by molar-refractivity contribution is 0.0914. The van der Waals surface area contributed by atoms with Gasteiger partial charge >= 0.3 is 0 Å². The molecule has 1 N–H and O–H groups in total. The molecule has 0 saturated heterocycles. The Bertz CT molecular complexity index is 1120. The molecule has 3 rings (SSSR count). The van der Waals surface area contributed by atoms with Crippen LogP contribution in [0.5, 0.6) is 0 Å². The van der Waals surface area contributed by atoms with Crippen LogP contribution in [0.15, 0.2) is 57.7 Å². The molecule has 0 aliphatic carbocycles. The molecule has 1 amide bonds. The molecule has 1 aromatic heterocycles. The van der Waals surface area contributed by atoms with E-state index >= 15 is 0 Å². The number of fused-ring (bicyclic) bond motifs is 1. The molecule has 0 saturated carbocycles. The topological polar surface area (TPSA) is 62.6 Å². The Labute approximate surface area is 184 Å². The first-order valence-electron chi connectivity index (χ1n) is 10.7. The number of amides is 1. The molecule has 0 unspecified atom stereocenters. The van der Waals surface area contributed by atoms with E-state index in [-0.39, 0.29) is 22.6 Å². The molecule has 164 valence electrons. The smallest absolute Gasteiger partial charge is 0.287 e. The van der Waals surface area contributed by atoms with Crippen LogP contribution < -0.4 is 10.7 Å². The summed E-state index contributed by atoms with van der Waals surface area (Å²) in [6, 6.07) is 15.3. The first kappa shape index (κ1) is 22.8. The van der Waals surface area contributed by atoms with Gasteiger partial charge in [-0.25, -0.2) is 0 Å². The molecule has 31 heavy (non-hydrogen) atoms. The zero-order valence-corrected chi connectivity index (χ0v) is 19.3. The van der Waals surface area contributed by atoms with E-state index in [4.69, 9.17) is 4.42 Å². The third-order valence-electron chi connectivity index (χ3n) is 5.66. The molecule has 0 fully saturated rings. The predicted octanol–water partition coefficient (Wildman–Crippen LogP) is 4.69. The summed E-state index contributed by atoms with van der Waals surface area (Å²) in [6.07, 6.45) is 0.834. The van der Waals surface area contributed by atoms with Crippen molar-refractivity contribution in [3.63, 3.8) is 0 Å². The highest BCUT2D eigenvalue weighted by Crippen LogP contribution is 2.25. The number of carbonyl (C=O) groups is 1. The Hall–Kier alpha value is -2.92. The van der Waals surface area contributed by atoms with Crippen molar-refractivity contribution in [2.24, 2.45) is 0 Å². The molecule has 5 nitrogen and oxygen atoms in total. The molecule has 1 heterocycles. The number of benzene rings is 2. The number of nitrogens with one attached hydrogen (secondary N) is 1. The molecule has 0 aliphatic rings. The molecular weight excluding hydrogens is 388 g/mol. The second-order valence-corrected chi connectivity index (χ2v) is 9.22. The zero-order chi connectivity index (χ0) is 22.8. The molecule has 3 aromatic rings. The van der Waals surface area contributed by atoms with Gasteiger partial charge in [0.05, 0.1) is 11.4 Å². The Morgan fingerprint density at radius 1 is 1.06 bits per heavy atom. The van der Waals surface area contributed by atoms with Crippen molar-refractivity contribution >= 4 is 16.9 Å². The van der Waals surface area contributed by atoms with E-state index in [9.17, 15) is 9.59 Å². The quantitative estimate of drug-likeness (QED) is 0.629. The minimum Gasteiger partial charge on any atom is -0.451 e. The number of likely N-dealkylation sites (N-methyl/N-ethyl adjacent to an activating group) is 1. The van der Waals surface area contributed by atoms with Gasteiger partial charge in [0, 0.05) is 12.6 Å². The monoisotopic (exact) mass is 420 g/mol. The van der Waals surface area contributed by atoms with Gasteiger partial charge in [-0.05, 0) is 54.8 Å². The van der Waals surface area contributed by atoms with Gasteiger partial charge in [-0.3, -0.25) is 9.59 Å². The lowest BCUT2D eigenvalue weighted by Gasteiger charge is -2.26. The lowest BCUT2D eigenvalue weighted by atomic mass is 9.86. The van der Waals surface area contributed by atoms with Crippen LogP contribution >= 0.6 is 0 Å². The Kier molecular flexibility index (Phi) is 6.65. The fraction of sp³-hybridized carbons (Fsp3) is 0.385. The van der Waals surface area contributed by atoms with Crippen LogP contribution in [0.25, 0.3) is 11.0 Å². The molecular formula is C26H32N2O3. The van der Waals surface area contributed by atoms with E-state index in [0.29, 0.717) is 17.5 Å². The standard InChI is InChI=1S/C26H32N2O3/c1-7-17-8-13-23-20(14-17)22(29)15-24(31-23)25(30)27-16-21(28(5)6)18-9-11-19(12-10-18)26(2,3)4/h8-15,21H,7,16H2,1-6H3,(H,27,30)/t21-/m0/s1. The van der Waals surface area contributed by atoms with Crippen LogP contribution in [0.1, 0.15) is 61.0 Å². The fourth-order valence-corrected chi connectivity index (χ4v) is 3.62. The van der Waals surface area contributed by atoms with Crippen molar-refractivity contribution in [2.45, 2.75) is 45.6 Å². The minimum absolute atomic E-state index is 0.00254. The summed E-state index contributed by atoms with van der Waals surface area (Å²) < 4.78 is 5.73. The largest absolute Gasteiger partial charge is 0.451 e. The van der Waals surface area contributed by atoms with E-state index in [0.717, 1.165) is 17.5 Å². The predicted molar refractivity (Wildman–Crippen MR) is 126 cm³/mol. The van der Waals surface area contributed by atoms with Crippen LogP contribution in [-0.2, 0) is 11.8 Å². The highest BCUT2D eigenvalue weighted by molar-refractivity contribution is 5.93. The van der Waals surface area contributed by atoms with Gasteiger partial charge in [-0.15, -0.1) is 0 Å². The first-order valence-corrected chi connectivity index (χ1v) is 10.7. The Morgan fingerprint density at radius 2 is 1.74 bits per heavy atom. The SMILES string of the molecule is CCc1ccc2oc(C(=O)NC[C@@H](c3ccc(C(C)(C)C)cc3)N(C)C)cc(=O)c2c1.